The van der Waals surface area contributed by atoms with E-state index in [1.54, 1.807) is 29.4 Å². The highest BCUT2D eigenvalue weighted by molar-refractivity contribution is 5.94. The molecule has 2 aromatic heterocycles. The van der Waals surface area contributed by atoms with Crippen molar-refractivity contribution in [3.63, 3.8) is 0 Å². The van der Waals surface area contributed by atoms with Crippen LogP contribution in [0.1, 0.15) is 28.8 Å². The molecule has 6 heteroatoms. The summed E-state index contributed by atoms with van der Waals surface area (Å²) >= 11 is 0. The average molecular weight is 312 g/mol. The number of rotatable bonds is 5. The Labute approximate surface area is 135 Å². The van der Waals surface area contributed by atoms with E-state index in [1.807, 2.05) is 12.1 Å². The highest BCUT2D eigenvalue weighted by Gasteiger charge is 2.23. The minimum absolute atomic E-state index is 0.0650. The fraction of sp³-hybridized carbons (Fsp3) is 0.353. The molecule has 0 saturated carbocycles. The topological polar surface area (TPSA) is 81.3 Å². The Hall–Kier alpha value is -2.47. The van der Waals surface area contributed by atoms with E-state index in [9.17, 15) is 4.79 Å². The van der Waals surface area contributed by atoms with Crippen LogP contribution >= 0.6 is 0 Å². The van der Waals surface area contributed by atoms with Gasteiger partial charge in [0.05, 0.1) is 11.7 Å². The van der Waals surface area contributed by atoms with Gasteiger partial charge in [0.15, 0.2) is 0 Å². The molecule has 0 radical (unpaired) electrons. The molecule has 1 unspecified atom stereocenters. The third-order valence-electron chi connectivity index (χ3n) is 3.89. The van der Waals surface area contributed by atoms with E-state index in [0.717, 1.165) is 25.0 Å². The molecule has 0 aliphatic carbocycles. The standard InChI is InChI=1S/C17H20N4O2/c18-16-4-3-14(10-20-16)17(22)21(12-15-2-1-9-23-15)11-13-5-7-19-8-6-13/h3-8,10,15H,1-2,9,11-12H2,(H2,18,20). The summed E-state index contributed by atoms with van der Waals surface area (Å²) in [6.45, 7) is 1.86. The van der Waals surface area contributed by atoms with Gasteiger partial charge in [0.2, 0.25) is 0 Å². The lowest BCUT2D eigenvalue weighted by atomic mass is 10.1. The number of ether oxygens (including phenoxy) is 1. The molecule has 2 aromatic rings. The minimum Gasteiger partial charge on any atom is -0.384 e. The molecule has 0 bridgehead atoms. The summed E-state index contributed by atoms with van der Waals surface area (Å²) in [6.07, 6.45) is 7.12. The molecule has 6 nitrogen and oxygen atoms in total. The van der Waals surface area contributed by atoms with Gasteiger partial charge in [-0.25, -0.2) is 4.98 Å². The maximum absolute atomic E-state index is 12.8. The maximum Gasteiger partial charge on any atom is 0.255 e. The van der Waals surface area contributed by atoms with Crippen molar-refractivity contribution in [2.24, 2.45) is 0 Å². The van der Waals surface area contributed by atoms with E-state index < -0.39 is 0 Å². The molecule has 1 atom stereocenters. The van der Waals surface area contributed by atoms with Gasteiger partial charge in [-0.3, -0.25) is 9.78 Å². The van der Waals surface area contributed by atoms with Gasteiger partial charge in [-0.15, -0.1) is 0 Å². The highest BCUT2D eigenvalue weighted by Crippen LogP contribution is 2.17. The van der Waals surface area contributed by atoms with Crippen molar-refractivity contribution in [1.82, 2.24) is 14.9 Å². The molecular formula is C17H20N4O2. The van der Waals surface area contributed by atoms with E-state index in [-0.39, 0.29) is 12.0 Å². The van der Waals surface area contributed by atoms with E-state index in [1.165, 1.54) is 6.20 Å². The smallest absolute Gasteiger partial charge is 0.255 e. The first-order valence-electron chi connectivity index (χ1n) is 7.73. The Morgan fingerprint density at radius 3 is 2.78 bits per heavy atom. The Kier molecular flexibility index (Phi) is 4.83. The zero-order chi connectivity index (χ0) is 16.1. The van der Waals surface area contributed by atoms with Crippen LogP contribution < -0.4 is 5.73 Å². The van der Waals surface area contributed by atoms with Crippen LogP contribution in [0, 0.1) is 0 Å². The molecular weight excluding hydrogens is 292 g/mol. The second-order valence-corrected chi connectivity index (χ2v) is 5.65. The molecule has 3 rings (SSSR count). The van der Waals surface area contributed by atoms with Crippen LogP contribution in [0.4, 0.5) is 5.82 Å². The van der Waals surface area contributed by atoms with Crippen LogP contribution in [0.3, 0.4) is 0 Å². The van der Waals surface area contributed by atoms with Crippen molar-refractivity contribution in [3.05, 3.63) is 54.0 Å². The monoisotopic (exact) mass is 312 g/mol. The van der Waals surface area contributed by atoms with Crippen molar-refractivity contribution >= 4 is 11.7 Å². The number of nitrogens with two attached hydrogens (primary N) is 1. The molecule has 1 amide bonds. The number of aromatic nitrogens is 2. The van der Waals surface area contributed by atoms with Crippen molar-refractivity contribution < 1.29 is 9.53 Å². The van der Waals surface area contributed by atoms with Crippen LogP contribution in [-0.2, 0) is 11.3 Å². The molecule has 2 N–H and O–H groups in total. The molecule has 23 heavy (non-hydrogen) atoms. The van der Waals surface area contributed by atoms with E-state index in [4.69, 9.17) is 10.5 Å². The van der Waals surface area contributed by atoms with E-state index >= 15 is 0 Å². The quantitative estimate of drug-likeness (QED) is 0.911. The average Bonchev–Trinajstić information content (AvgIpc) is 3.08. The van der Waals surface area contributed by atoms with Crippen LogP contribution in [-0.4, -0.2) is 40.0 Å². The number of pyridine rings is 2. The van der Waals surface area contributed by atoms with E-state index in [0.29, 0.717) is 24.5 Å². The second-order valence-electron chi connectivity index (χ2n) is 5.65. The molecule has 3 heterocycles. The predicted molar refractivity (Wildman–Crippen MR) is 86.6 cm³/mol. The van der Waals surface area contributed by atoms with Gasteiger partial charge in [-0.05, 0) is 42.7 Å². The third kappa shape index (κ3) is 4.04. The number of anilines is 1. The van der Waals surface area contributed by atoms with Gasteiger partial charge in [0.25, 0.3) is 5.91 Å². The fourth-order valence-electron chi connectivity index (χ4n) is 2.68. The molecule has 0 aromatic carbocycles. The number of nitrogen functional groups attached to an aromatic ring is 1. The van der Waals surface area contributed by atoms with Crippen molar-refractivity contribution in [2.45, 2.75) is 25.5 Å². The van der Waals surface area contributed by atoms with Crippen LogP contribution in [0.25, 0.3) is 0 Å². The summed E-state index contributed by atoms with van der Waals surface area (Å²) in [5.74, 6) is 0.339. The Morgan fingerprint density at radius 2 is 2.13 bits per heavy atom. The number of hydrogen-bond acceptors (Lipinski definition) is 5. The van der Waals surface area contributed by atoms with Gasteiger partial charge in [0.1, 0.15) is 5.82 Å². The van der Waals surface area contributed by atoms with Crippen molar-refractivity contribution in [3.8, 4) is 0 Å². The Bertz CT molecular complexity index is 639. The van der Waals surface area contributed by atoms with Crippen molar-refractivity contribution in [2.75, 3.05) is 18.9 Å². The first-order valence-corrected chi connectivity index (χ1v) is 7.73. The van der Waals surface area contributed by atoms with Gasteiger partial charge in [-0.1, -0.05) is 0 Å². The summed E-state index contributed by atoms with van der Waals surface area (Å²) < 4.78 is 5.68. The van der Waals surface area contributed by atoms with Gasteiger partial charge >= 0.3 is 0 Å². The number of amides is 1. The molecule has 1 aliphatic heterocycles. The first-order chi connectivity index (χ1) is 11.2. The lowest BCUT2D eigenvalue weighted by Crippen LogP contribution is -2.37. The lowest BCUT2D eigenvalue weighted by molar-refractivity contribution is 0.0507. The van der Waals surface area contributed by atoms with Gasteiger partial charge < -0.3 is 15.4 Å². The minimum atomic E-state index is -0.0650. The number of carbonyl (C=O) groups is 1. The van der Waals surface area contributed by atoms with Crippen LogP contribution in [0.15, 0.2) is 42.9 Å². The second kappa shape index (κ2) is 7.19. The van der Waals surface area contributed by atoms with E-state index in [2.05, 4.69) is 9.97 Å². The number of carbonyl (C=O) groups excluding carboxylic acids is 1. The summed E-state index contributed by atoms with van der Waals surface area (Å²) in [7, 11) is 0. The summed E-state index contributed by atoms with van der Waals surface area (Å²) in [5, 5.41) is 0. The zero-order valence-corrected chi connectivity index (χ0v) is 12.9. The lowest BCUT2D eigenvalue weighted by Gasteiger charge is -2.25. The van der Waals surface area contributed by atoms with Crippen molar-refractivity contribution in [1.29, 1.82) is 0 Å². The van der Waals surface area contributed by atoms with Crippen LogP contribution in [0.5, 0.6) is 0 Å². The van der Waals surface area contributed by atoms with Gasteiger partial charge in [0, 0.05) is 38.3 Å². The molecule has 1 aliphatic rings. The summed E-state index contributed by atoms with van der Waals surface area (Å²) in [4.78, 5) is 22.7. The molecule has 1 fully saturated rings. The first kappa shape index (κ1) is 15.4. The summed E-state index contributed by atoms with van der Waals surface area (Å²) in [6, 6.07) is 7.18. The normalized spacial score (nSPS) is 17.1. The largest absolute Gasteiger partial charge is 0.384 e. The molecule has 1 saturated heterocycles. The summed E-state index contributed by atoms with van der Waals surface area (Å²) in [5.41, 5.74) is 7.17. The van der Waals surface area contributed by atoms with Crippen LogP contribution in [0.2, 0.25) is 0 Å². The maximum atomic E-state index is 12.8. The Balaban J connectivity index is 1.78. The predicted octanol–water partition coefficient (Wildman–Crippen LogP) is 1.88. The SMILES string of the molecule is Nc1ccc(C(=O)N(Cc2ccncc2)CC2CCCO2)cn1. The Morgan fingerprint density at radius 1 is 1.30 bits per heavy atom. The highest BCUT2D eigenvalue weighted by atomic mass is 16.5. The third-order valence-corrected chi connectivity index (χ3v) is 3.89. The fourth-order valence-corrected chi connectivity index (χ4v) is 2.68. The molecule has 120 valence electrons. The molecule has 0 spiro atoms. The number of nitrogens with zero attached hydrogens (tertiary/aromatic N) is 3. The number of hydrogen-bond donors (Lipinski definition) is 1. The van der Waals surface area contributed by atoms with Gasteiger partial charge in [-0.2, -0.15) is 0 Å². The zero-order valence-electron chi connectivity index (χ0n) is 12.9.